The second-order valence-corrected chi connectivity index (χ2v) is 6.00. The lowest BCUT2D eigenvalue weighted by atomic mass is 10.1. The summed E-state index contributed by atoms with van der Waals surface area (Å²) in [6.07, 6.45) is 6.95. The van der Waals surface area contributed by atoms with E-state index in [1.54, 1.807) is 25.5 Å². The quantitative estimate of drug-likeness (QED) is 0.482. The summed E-state index contributed by atoms with van der Waals surface area (Å²) in [5.41, 5.74) is 12.8. The Labute approximate surface area is 146 Å². The Morgan fingerprint density at radius 1 is 1.40 bits per heavy atom. The molecule has 0 radical (unpaired) electrons. The van der Waals surface area contributed by atoms with Crippen molar-refractivity contribution in [2.75, 3.05) is 18.4 Å². The molecule has 2 aromatic heterocycles. The van der Waals surface area contributed by atoms with Crippen LogP contribution >= 0.6 is 0 Å². The maximum absolute atomic E-state index is 5.84. The third-order valence-corrected chi connectivity index (χ3v) is 3.85. The molecular formula is C17H23N7O. The van der Waals surface area contributed by atoms with E-state index in [9.17, 15) is 0 Å². The van der Waals surface area contributed by atoms with Gasteiger partial charge in [-0.15, -0.1) is 0 Å². The first kappa shape index (κ1) is 17.0. The number of hydrogen-bond acceptors (Lipinski definition) is 7. The number of nitrogens with zero attached hydrogens (tertiary/aromatic N) is 3. The van der Waals surface area contributed by atoms with Crippen LogP contribution in [0.2, 0.25) is 0 Å². The Bertz CT molecular complexity index is 757. The number of allylic oxidation sites excluding steroid dienone is 1. The molecule has 1 aliphatic heterocycles. The van der Waals surface area contributed by atoms with Crippen molar-refractivity contribution in [3.8, 4) is 11.3 Å². The van der Waals surface area contributed by atoms with E-state index in [0.29, 0.717) is 23.3 Å². The lowest BCUT2D eigenvalue weighted by Crippen LogP contribution is -2.35. The predicted molar refractivity (Wildman–Crippen MR) is 98.5 cm³/mol. The third kappa shape index (κ3) is 4.57. The fourth-order valence-corrected chi connectivity index (χ4v) is 2.69. The van der Waals surface area contributed by atoms with Gasteiger partial charge in [-0.3, -0.25) is 0 Å². The lowest BCUT2D eigenvalue weighted by molar-refractivity contribution is 0.478. The molecule has 2 aromatic rings. The first-order chi connectivity index (χ1) is 12.1. The molecule has 3 rings (SSSR count). The molecule has 0 amide bonds. The van der Waals surface area contributed by atoms with Gasteiger partial charge in [0.2, 0.25) is 0 Å². The number of furan rings is 1. The van der Waals surface area contributed by atoms with E-state index >= 15 is 0 Å². The number of hydrogen-bond donors (Lipinski definition) is 4. The summed E-state index contributed by atoms with van der Waals surface area (Å²) in [5, 5.41) is 6.84. The van der Waals surface area contributed by atoms with Gasteiger partial charge in [0.15, 0.2) is 0 Å². The Hall–Kier alpha value is -2.87. The van der Waals surface area contributed by atoms with Crippen molar-refractivity contribution < 1.29 is 4.42 Å². The fraction of sp³-hybridized carbons (Fsp3) is 0.353. The number of amidine groups is 1. The molecule has 0 saturated carbocycles. The Morgan fingerprint density at radius 2 is 2.20 bits per heavy atom. The minimum atomic E-state index is 0.263. The molecule has 0 atom stereocenters. The average molecular weight is 341 g/mol. The highest BCUT2D eigenvalue weighted by atomic mass is 16.3. The summed E-state index contributed by atoms with van der Waals surface area (Å²) in [4.78, 5) is 13.0. The Kier molecular flexibility index (Phi) is 5.30. The highest BCUT2D eigenvalue weighted by Crippen LogP contribution is 2.29. The van der Waals surface area contributed by atoms with Crippen LogP contribution in [-0.2, 0) is 0 Å². The second kappa shape index (κ2) is 7.80. The fourth-order valence-electron chi connectivity index (χ4n) is 2.69. The van der Waals surface area contributed by atoms with Crippen LogP contribution in [0.1, 0.15) is 19.8 Å². The van der Waals surface area contributed by atoms with Gasteiger partial charge in [-0.2, -0.15) is 9.98 Å². The molecule has 0 bridgehead atoms. The topological polar surface area (TPSA) is 127 Å². The van der Waals surface area contributed by atoms with Crippen molar-refractivity contribution in [2.45, 2.75) is 25.8 Å². The molecule has 25 heavy (non-hydrogen) atoms. The van der Waals surface area contributed by atoms with Gasteiger partial charge in [0.25, 0.3) is 5.95 Å². The monoisotopic (exact) mass is 341 g/mol. The second-order valence-electron chi connectivity index (χ2n) is 6.00. The maximum Gasteiger partial charge on any atom is 0.253 e. The zero-order valence-electron chi connectivity index (χ0n) is 14.2. The molecule has 3 heterocycles. The van der Waals surface area contributed by atoms with Crippen molar-refractivity contribution in [1.82, 2.24) is 15.3 Å². The summed E-state index contributed by atoms with van der Waals surface area (Å²) in [5.74, 6) is 1.94. The van der Waals surface area contributed by atoms with E-state index in [2.05, 4.69) is 25.6 Å². The molecule has 0 aliphatic carbocycles. The van der Waals surface area contributed by atoms with Crippen LogP contribution in [0.25, 0.3) is 11.3 Å². The molecule has 8 nitrogen and oxygen atoms in total. The van der Waals surface area contributed by atoms with Crippen LogP contribution in [0.3, 0.4) is 0 Å². The van der Waals surface area contributed by atoms with Crippen LogP contribution in [0.4, 0.5) is 11.8 Å². The summed E-state index contributed by atoms with van der Waals surface area (Å²) >= 11 is 0. The van der Waals surface area contributed by atoms with E-state index in [4.69, 9.17) is 15.9 Å². The number of nitrogens with two attached hydrogens (primary N) is 2. The summed E-state index contributed by atoms with van der Waals surface area (Å²) < 4.78 is 5.50. The molecule has 8 heteroatoms. The number of anilines is 1. The minimum Gasteiger partial charge on any atom is -0.464 e. The summed E-state index contributed by atoms with van der Waals surface area (Å²) in [7, 11) is 0. The summed E-state index contributed by atoms with van der Waals surface area (Å²) in [6.45, 7) is 3.71. The van der Waals surface area contributed by atoms with Gasteiger partial charge in [0.05, 0.1) is 11.8 Å². The van der Waals surface area contributed by atoms with Gasteiger partial charge in [0.1, 0.15) is 17.4 Å². The zero-order chi connectivity index (χ0) is 17.6. The maximum atomic E-state index is 5.84. The molecule has 0 spiro atoms. The van der Waals surface area contributed by atoms with Crippen LogP contribution in [-0.4, -0.2) is 34.9 Å². The number of piperidine rings is 1. The highest BCUT2D eigenvalue weighted by molar-refractivity contribution is 5.93. The van der Waals surface area contributed by atoms with Crippen LogP contribution in [0.15, 0.2) is 45.8 Å². The average Bonchev–Trinajstić information content (AvgIpc) is 3.09. The first-order valence-electron chi connectivity index (χ1n) is 8.28. The van der Waals surface area contributed by atoms with Gasteiger partial charge in [0, 0.05) is 17.9 Å². The predicted octanol–water partition coefficient (Wildman–Crippen LogP) is 1.75. The minimum absolute atomic E-state index is 0.263. The van der Waals surface area contributed by atoms with Crippen molar-refractivity contribution in [3.05, 3.63) is 36.4 Å². The van der Waals surface area contributed by atoms with Gasteiger partial charge in [-0.25, -0.2) is 4.98 Å². The molecule has 1 fully saturated rings. The van der Waals surface area contributed by atoms with Gasteiger partial charge >= 0.3 is 0 Å². The largest absolute Gasteiger partial charge is 0.464 e. The first-order valence-corrected chi connectivity index (χ1v) is 8.28. The number of aromatic nitrogens is 2. The van der Waals surface area contributed by atoms with E-state index in [-0.39, 0.29) is 11.8 Å². The van der Waals surface area contributed by atoms with Gasteiger partial charge in [-0.1, -0.05) is 0 Å². The van der Waals surface area contributed by atoms with Crippen molar-refractivity contribution in [1.29, 1.82) is 0 Å². The van der Waals surface area contributed by atoms with Crippen molar-refractivity contribution in [2.24, 2.45) is 16.5 Å². The highest BCUT2D eigenvalue weighted by Gasteiger charge is 2.18. The number of nitrogens with one attached hydrogen (secondary N) is 2. The van der Waals surface area contributed by atoms with Gasteiger partial charge in [-0.05, 0) is 51.1 Å². The van der Waals surface area contributed by atoms with Crippen LogP contribution < -0.4 is 22.1 Å². The Balaban J connectivity index is 1.92. The van der Waals surface area contributed by atoms with Crippen LogP contribution in [0, 0.1) is 0 Å². The van der Waals surface area contributed by atoms with Gasteiger partial charge < -0.3 is 26.5 Å². The molecular weight excluding hydrogens is 318 g/mol. The third-order valence-electron chi connectivity index (χ3n) is 3.85. The van der Waals surface area contributed by atoms with Crippen LogP contribution in [0.5, 0.6) is 0 Å². The molecule has 132 valence electrons. The summed E-state index contributed by atoms with van der Waals surface area (Å²) in [6, 6.07) is 4.05. The molecule has 0 aromatic carbocycles. The van der Waals surface area contributed by atoms with E-state index in [1.807, 2.05) is 12.1 Å². The SMILES string of the molecule is C/C(N)=C/C(N)=Nc1ncc(-c2ccco2)c(NC2CCNCC2)n1. The molecule has 0 unspecified atom stereocenters. The Morgan fingerprint density at radius 3 is 2.88 bits per heavy atom. The zero-order valence-corrected chi connectivity index (χ0v) is 14.2. The lowest BCUT2D eigenvalue weighted by Gasteiger charge is -2.24. The van der Waals surface area contributed by atoms with Crippen molar-refractivity contribution in [3.63, 3.8) is 0 Å². The molecule has 1 aliphatic rings. The standard InChI is InChI=1S/C17H23N7O/c1-11(18)9-15(19)23-17-21-10-13(14-3-2-8-25-14)16(24-17)22-12-4-6-20-7-5-12/h2-3,8-10,12,20H,4-7,18H2,1H3,(H3,19,21,22,23,24)/b11-9-. The molecule has 6 N–H and O–H groups in total. The smallest absolute Gasteiger partial charge is 0.253 e. The van der Waals surface area contributed by atoms with E-state index in [1.165, 1.54) is 0 Å². The van der Waals surface area contributed by atoms with E-state index in [0.717, 1.165) is 31.5 Å². The number of rotatable bonds is 5. The molecule has 1 saturated heterocycles. The number of aliphatic imine (C=N–C) groups is 1. The normalized spacial score (nSPS) is 16.8. The van der Waals surface area contributed by atoms with E-state index < -0.39 is 0 Å². The van der Waals surface area contributed by atoms with Crippen molar-refractivity contribution >= 4 is 17.6 Å².